The molecule has 2 heteroatoms. The molecular formula is C9H19NO. The highest BCUT2D eigenvalue weighted by molar-refractivity contribution is 4.96. The van der Waals surface area contributed by atoms with Crippen molar-refractivity contribution in [2.45, 2.75) is 45.8 Å². The fraction of sp³-hybridized carbons (Fsp3) is 1.00. The molecule has 0 aromatic heterocycles. The SMILES string of the molecule is CC(C)OC(CN)C1(C)CC1. The Kier molecular flexibility index (Phi) is 2.55. The van der Waals surface area contributed by atoms with Crippen molar-refractivity contribution in [1.29, 1.82) is 0 Å². The minimum Gasteiger partial charge on any atom is -0.374 e. The lowest BCUT2D eigenvalue weighted by atomic mass is 10.0. The van der Waals surface area contributed by atoms with Crippen LogP contribution in [0.15, 0.2) is 0 Å². The lowest BCUT2D eigenvalue weighted by molar-refractivity contribution is -0.0247. The first-order chi connectivity index (χ1) is 5.08. The van der Waals surface area contributed by atoms with Crippen molar-refractivity contribution in [3.63, 3.8) is 0 Å². The summed E-state index contributed by atoms with van der Waals surface area (Å²) in [6.07, 6.45) is 3.15. The Morgan fingerprint density at radius 2 is 2.00 bits per heavy atom. The number of ether oxygens (including phenoxy) is 1. The topological polar surface area (TPSA) is 35.2 Å². The fourth-order valence-corrected chi connectivity index (χ4v) is 1.35. The summed E-state index contributed by atoms with van der Waals surface area (Å²) in [4.78, 5) is 0. The van der Waals surface area contributed by atoms with Gasteiger partial charge in [-0.3, -0.25) is 0 Å². The van der Waals surface area contributed by atoms with Crippen LogP contribution in [0.2, 0.25) is 0 Å². The zero-order chi connectivity index (χ0) is 8.48. The van der Waals surface area contributed by atoms with E-state index in [2.05, 4.69) is 20.8 Å². The Morgan fingerprint density at radius 1 is 1.45 bits per heavy atom. The average Bonchev–Trinajstić information content (AvgIpc) is 2.63. The molecule has 0 heterocycles. The Bertz CT molecular complexity index is 130. The number of rotatable bonds is 4. The maximum Gasteiger partial charge on any atom is 0.0754 e. The Labute approximate surface area is 69.1 Å². The van der Waals surface area contributed by atoms with Gasteiger partial charge in [-0.05, 0) is 32.1 Å². The third-order valence-corrected chi connectivity index (χ3v) is 2.47. The van der Waals surface area contributed by atoms with Crippen LogP contribution in [0.3, 0.4) is 0 Å². The first kappa shape index (κ1) is 9.01. The van der Waals surface area contributed by atoms with Gasteiger partial charge in [0.25, 0.3) is 0 Å². The number of hydrogen-bond acceptors (Lipinski definition) is 2. The molecule has 0 aromatic carbocycles. The molecular weight excluding hydrogens is 138 g/mol. The third kappa shape index (κ3) is 2.17. The predicted molar refractivity (Wildman–Crippen MR) is 46.4 cm³/mol. The molecule has 1 aliphatic rings. The second-order valence-electron chi connectivity index (χ2n) is 4.06. The van der Waals surface area contributed by atoms with Crippen LogP contribution in [0.25, 0.3) is 0 Å². The molecule has 0 spiro atoms. The molecule has 1 fully saturated rings. The summed E-state index contributed by atoms with van der Waals surface area (Å²) in [5.74, 6) is 0. The fourth-order valence-electron chi connectivity index (χ4n) is 1.35. The summed E-state index contributed by atoms with van der Waals surface area (Å²) in [6, 6.07) is 0. The van der Waals surface area contributed by atoms with E-state index >= 15 is 0 Å². The van der Waals surface area contributed by atoms with Crippen molar-refractivity contribution in [2.24, 2.45) is 11.1 Å². The largest absolute Gasteiger partial charge is 0.374 e. The molecule has 11 heavy (non-hydrogen) atoms. The molecule has 1 aliphatic carbocycles. The van der Waals surface area contributed by atoms with Gasteiger partial charge in [0.15, 0.2) is 0 Å². The van der Waals surface area contributed by atoms with Crippen LogP contribution in [-0.4, -0.2) is 18.8 Å². The van der Waals surface area contributed by atoms with Crippen LogP contribution < -0.4 is 5.73 Å². The van der Waals surface area contributed by atoms with Gasteiger partial charge in [0.1, 0.15) is 0 Å². The number of hydrogen-bond donors (Lipinski definition) is 1. The monoisotopic (exact) mass is 157 g/mol. The average molecular weight is 157 g/mol. The minimum atomic E-state index is 0.280. The minimum absolute atomic E-state index is 0.280. The first-order valence-corrected chi connectivity index (χ1v) is 4.44. The van der Waals surface area contributed by atoms with Crippen molar-refractivity contribution < 1.29 is 4.74 Å². The van der Waals surface area contributed by atoms with E-state index in [1.165, 1.54) is 12.8 Å². The quantitative estimate of drug-likeness (QED) is 0.672. The molecule has 0 radical (unpaired) electrons. The van der Waals surface area contributed by atoms with E-state index in [1.807, 2.05) is 0 Å². The molecule has 2 nitrogen and oxygen atoms in total. The maximum atomic E-state index is 5.70. The summed E-state index contributed by atoms with van der Waals surface area (Å²) < 4.78 is 5.70. The maximum absolute atomic E-state index is 5.70. The highest BCUT2D eigenvalue weighted by Gasteiger charge is 2.45. The third-order valence-electron chi connectivity index (χ3n) is 2.47. The molecule has 2 N–H and O–H groups in total. The summed E-state index contributed by atoms with van der Waals surface area (Å²) in [5.41, 5.74) is 6.02. The molecule has 66 valence electrons. The van der Waals surface area contributed by atoms with Gasteiger partial charge in [0.05, 0.1) is 12.2 Å². The van der Waals surface area contributed by atoms with E-state index in [0.717, 1.165) is 0 Å². The van der Waals surface area contributed by atoms with E-state index < -0.39 is 0 Å². The Balaban J connectivity index is 2.37. The Morgan fingerprint density at radius 3 is 2.27 bits per heavy atom. The molecule has 0 aromatic rings. The highest BCUT2D eigenvalue weighted by Crippen LogP contribution is 2.49. The summed E-state index contributed by atoms with van der Waals surface area (Å²) in [6.45, 7) is 7.05. The van der Waals surface area contributed by atoms with Crippen LogP contribution in [-0.2, 0) is 4.74 Å². The lowest BCUT2D eigenvalue weighted by Gasteiger charge is -2.24. The van der Waals surface area contributed by atoms with E-state index in [-0.39, 0.29) is 6.10 Å². The molecule has 0 saturated heterocycles. The molecule has 1 rings (SSSR count). The van der Waals surface area contributed by atoms with Gasteiger partial charge in [-0.2, -0.15) is 0 Å². The molecule has 0 amide bonds. The van der Waals surface area contributed by atoms with Crippen LogP contribution >= 0.6 is 0 Å². The zero-order valence-electron chi connectivity index (χ0n) is 7.76. The molecule has 1 atom stereocenters. The lowest BCUT2D eigenvalue weighted by Crippen LogP contribution is -2.33. The highest BCUT2D eigenvalue weighted by atomic mass is 16.5. The van der Waals surface area contributed by atoms with Gasteiger partial charge in [-0.1, -0.05) is 6.92 Å². The van der Waals surface area contributed by atoms with Gasteiger partial charge >= 0.3 is 0 Å². The van der Waals surface area contributed by atoms with Crippen molar-refractivity contribution in [2.75, 3.05) is 6.54 Å². The normalized spacial score (nSPS) is 23.7. The van der Waals surface area contributed by atoms with Crippen LogP contribution in [0.5, 0.6) is 0 Å². The second-order valence-corrected chi connectivity index (χ2v) is 4.06. The standard InChI is InChI=1S/C9H19NO/c1-7(2)11-8(6-10)9(3)4-5-9/h7-8H,4-6,10H2,1-3H3. The van der Waals surface area contributed by atoms with Gasteiger partial charge in [-0.15, -0.1) is 0 Å². The van der Waals surface area contributed by atoms with Gasteiger partial charge in [0.2, 0.25) is 0 Å². The van der Waals surface area contributed by atoms with Crippen molar-refractivity contribution in [3.05, 3.63) is 0 Å². The molecule has 1 saturated carbocycles. The predicted octanol–water partition coefficient (Wildman–Crippen LogP) is 1.54. The summed E-state index contributed by atoms with van der Waals surface area (Å²) >= 11 is 0. The van der Waals surface area contributed by atoms with Crippen LogP contribution in [0, 0.1) is 5.41 Å². The van der Waals surface area contributed by atoms with Crippen molar-refractivity contribution in [3.8, 4) is 0 Å². The zero-order valence-corrected chi connectivity index (χ0v) is 7.76. The van der Waals surface area contributed by atoms with Crippen LogP contribution in [0.4, 0.5) is 0 Å². The van der Waals surface area contributed by atoms with Gasteiger partial charge < -0.3 is 10.5 Å². The molecule has 0 aliphatic heterocycles. The van der Waals surface area contributed by atoms with Gasteiger partial charge in [-0.25, -0.2) is 0 Å². The van der Waals surface area contributed by atoms with E-state index in [4.69, 9.17) is 10.5 Å². The summed E-state index contributed by atoms with van der Waals surface area (Å²) in [7, 11) is 0. The van der Waals surface area contributed by atoms with Crippen molar-refractivity contribution in [1.82, 2.24) is 0 Å². The second kappa shape index (κ2) is 3.11. The number of nitrogens with two attached hydrogens (primary N) is 1. The van der Waals surface area contributed by atoms with E-state index in [1.54, 1.807) is 0 Å². The molecule has 1 unspecified atom stereocenters. The molecule has 0 bridgehead atoms. The summed E-state index contributed by atoms with van der Waals surface area (Å²) in [5, 5.41) is 0. The van der Waals surface area contributed by atoms with E-state index in [0.29, 0.717) is 18.1 Å². The smallest absolute Gasteiger partial charge is 0.0754 e. The van der Waals surface area contributed by atoms with Crippen LogP contribution in [0.1, 0.15) is 33.6 Å². The van der Waals surface area contributed by atoms with Gasteiger partial charge in [0, 0.05) is 6.54 Å². The first-order valence-electron chi connectivity index (χ1n) is 4.44. The van der Waals surface area contributed by atoms with E-state index in [9.17, 15) is 0 Å². The Hall–Kier alpha value is -0.0800. The van der Waals surface area contributed by atoms with Crippen molar-refractivity contribution >= 4 is 0 Å².